The molecule has 2 aliphatic rings. The summed E-state index contributed by atoms with van der Waals surface area (Å²) in [7, 11) is 0. The number of amides is 1. The van der Waals surface area contributed by atoms with Crippen molar-refractivity contribution in [3.05, 3.63) is 14.7 Å². The zero-order valence-corrected chi connectivity index (χ0v) is 12.1. The monoisotopic (exact) mass is 335 g/mol. The topological polar surface area (TPSA) is 52.6 Å². The molecule has 92 valence electrons. The molecule has 0 N–H and O–H groups in total. The molecule has 0 bridgehead atoms. The Hall–Kier alpha value is -0.0800. The summed E-state index contributed by atoms with van der Waals surface area (Å²) < 4.78 is 18.0. The van der Waals surface area contributed by atoms with Crippen molar-refractivity contribution >= 4 is 44.3 Å². The summed E-state index contributed by atoms with van der Waals surface area (Å²) in [5.41, 5.74) is 0. The van der Waals surface area contributed by atoms with Crippen LogP contribution >= 0.6 is 27.3 Å². The standard InChI is InChI=1S/C10H10BrNO3S2/c11-8-3-7-9(16-8)10(13)12(1-2-17(7)14)6-4-15-5-6/h3,6H,1-2,4-5H2. The van der Waals surface area contributed by atoms with Crippen molar-refractivity contribution < 1.29 is 14.1 Å². The quantitative estimate of drug-likeness (QED) is 0.730. The van der Waals surface area contributed by atoms with Gasteiger partial charge in [-0.05, 0) is 27.1 Å². The molecule has 3 rings (SSSR count). The van der Waals surface area contributed by atoms with Crippen LogP contribution in [0.4, 0.5) is 0 Å². The molecular formula is C10H10BrNO3S2. The Morgan fingerprint density at radius 1 is 1.59 bits per heavy atom. The van der Waals surface area contributed by atoms with Crippen molar-refractivity contribution in [1.82, 2.24) is 4.90 Å². The van der Waals surface area contributed by atoms with Crippen LogP contribution in [0.1, 0.15) is 9.67 Å². The van der Waals surface area contributed by atoms with Crippen molar-refractivity contribution in [3.8, 4) is 0 Å². The summed E-state index contributed by atoms with van der Waals surface area (Å²) in [5, 5.41) is 0. The zero-order chi connectivity index (χ0) is 12.0. The van der Waals surface area contributed by atoms with Gasteiger partial charge in [-0.3, -0.25) is 4.79 Å². The first-order chi connectivity index (χ1) is 8.16. The van der Waals surface area contributed by atoms with E-state index in [0.29, 0.717) is 35.3 Å². The van der Waals surface area contributed by atoms with Gasteiger partial charge in [0.15, 0.2) is 4.90 Å². The lowest BCUT2D eigenvalue weighted by Gasteiger charge is -2.35. The second kappa shape index (κ2) is 4.55. The van der Waals surface area contributed by atoms with E-state index >= 15 is 0 Å². The molecule has 0 spiro atoms. The highest BCUT2D eigenvalue weighted by atomic mass is 79.9. The average Bonchev–Trinajstić information content (AvgIpc) is 2.57. The third-order valence-corrected chi connectivity index (χ3v) is 6.07. The molecule has 1 saturated heterocycles. The Labute approximate surface area is 114 Å². The molecule has 3 heterocycles. The minimum atomic E-state index is -1.07. The largest absolute Gasteiger partial charge is 0.611 e. The first-order valence-electron chi connectivity index (χ1n) is 5.23. The highest BCUT2D eigenvalue weighted by molar-refractivity contribution is 9.11. The molecule has 1 amide bonds. The number of carbonyl (C=O) groups is 1. The summed E-state index contributed by atoms with van der Waals surface area (Å²) in [6.45, 7) is 1.75. The molecule has 1 aromatic heterocycles. The lowest BCUT2D eigenvalue weighted by Crippen LogP contribution is -2.52. The second-order valence-electron chi connectivity index (χ2n) is 3.98. The Bertz CT molecular complexity index is 460. The molecule has 2 aliphatic heterocycles. The van der Waals surface area contributed by atoms with Gasteiger partial charge in [0.05, 0.1) is 29.6 Å². The van der Waals surface area contributed by atoms with Crippen LogP contribution in [0.5, 0.6) is 0 Å². The molecule has 1 atom stereocenters. The molecule has 17 heavy (non-hydrogen) atoms. The van der Waals surface area contributed by atoms with Crippen LogP contribution in [0, 0.1) is 0 Å². The van der Waals surface area contributed by atoms with Gasteiger partial charge < -0.3 is 14.2 Å². The fraction of sp³-hybridized carbons (Fsp3) is 0.500. The predicted octanol–water partition coefficient (Wildman–Crippen LogP) is 1.47. The second-order valence-corrected chi connectivity index (χ2v) is 7.95. The Morgan fingerprint density at radius 3 is 3.00 bits per heavy atom. The number of fused-ring (bicyclic) bond motifs is 1. The van der Waals surface area contributed by atoms with Gasteiger partial charge in [0, 0.05) is 6.07 Å². The predicted molar refractivity (Wildman–Crippen MR) is 68.9 cm³/mol. The number of halogens is 1. The van der Waals surface area contributed by atoms with Crippen molar-refractivity contribution in [2.75, 3.05) is 25.5 Å². The number of ether oxygens (including phenoxy) is 1. The molecule has 0 saturated carbocycles. The normalized spacial score (nSPS) is 25.4. The molecule has 0 aromatic carbocycles. The average molecular weight is 336 g/mol. The lowest BCUT2D eigenvalue weighted by atomic mass is 10.2. The summed E-state index contributed by atoms with van der Waals surface area (Å²) in [6, 6.07) is 1.96. The number of hydrogen-bond acceptors (Lipinski definition) is 4. The maximum Gasteiger partial charge on any atom is 0.269 e. The molecule has 1 fully saturated rings. The lowest BCUT2D eigenvalue weighted by molar-refractivity contribution is -0.0522. The minimum absolute atomic E-state index is 0.00477. The summed E-state index contributed by atoms with van der Waals surface area (Å²) in [5.74, 6) is 0.508. The van der Waals surface area contributed by atoms with Crippen molar-refractivity contribution in [1.29, 1.82) is 0 Å². The van der Waals surface area contributed by atoms with Gasteiger partial charge in [-0.1, -0.05) is 0 Å². The van der Waals surface area contributed by atoms with Crippen LogP contribution in [0.25, 0.3) is 0 Å². The van der Waals surface area contributed by atoms with Crippen LogP contribution < -0.4 is 0 Å². The van der Waals surface area contributed by atoms with Gasteiger partial charge in [0.2, 0.25) is 0 Å². The van der Waals surface area contributed by atoms with Crippen molar-refractivity contribution in [3.63, 3.8) is 0 Å². The maximum absolute atomic E-state index is 12.4. The van der Waals surface area contributed by atoms with E-state index < -0.39 is 11.2 Å². The molecule has 0 radical (unpaired) electrons. The molecule has 1 aromatic rings. The summed E-state index contributed by atoms with van der Waals surface area (Å²) in [4.78, 5) is 15.4. The minimum Gasteiger partial charge on any atom is -0.611 e. The maximum atomic E-state index is 12.4. The number of rotatable bonds is 1. The van der Waals surface area contributed by atoms with Crippen LogP contribution in [-0.4, -0.2) is 46.9 Å². The SMILES string of the molecule is O=C1c2sc(Br)cc2[S+]([O-])CCN1C1COC1. The van der Waals surface area contributed by atoms with Gasteiger partial charge >= 0.3 is 0 Å². The van der Waals surface area contributed by atoms with Crippen LogP contribution in [0.3, 0.4) is 0 Å². The Morgan fingerprint density at radius 2 is 2.35 bits per heavy atom. The highest BCUT2D eigenvalue weighted by Gasteiger charge is 2.38. The van der Waals surface area contributed by atoms with Gasteiger partial charge in [0.25, 0.3) is 5.91 Å². The van der Waals surface area contributed by atoms with E-state index in [-0.39, 0.29) is 11.9 Å². The van der Waals surface area contributed by atoms with Crippen molar-refractivity contribution in [2.24, 2.45) is 0 Å². The zero-order valence-electron chi connectivity index (χ0n) is 8.85. The van der Waals surface area contributed by atoms with E-state index in [9.17, 15) is 9.35 Å². The molecule has 1 unspecified atom stereocenters. The molecular weight excluding hydrogens is 326 g/mol. The first-order valence-corrected chi connectivity index (χ1v) is 8.16. The fourth-order valence-corrected chi connectivity index (χ4v) is 5.15. The van der Waals surface area contributed by atoms with E-state index in [4.69, 9.17) is 4.74 Å². The van der Waals surface area contributed by atoms with E-state index in [1.165, 1.54) is 11.3 Å². The van der Waals surface area contributed by atoms with E-state index in [0.717, 1.165) is 3.79 Å². The molecule has 0 aliphatic carbocycles. The number of nitrogens with zero attached hydrogens (tertiary/aromatic N) is 1. The molecule has 4 nitrogen and oxygen atoms in total. The van der Waals surface area contributed by atoms with Crippen LogP contribution in [-0.2, 0) is 15.9 Å². The Balaban J connectivity index is 1.96. The van der Waals surface area contributed by atoms with E-state index in [2.05, 4.69) is 15.9 Å². The van der Waals surface area contributed by atoms with Gasteiger partial charge in [-0.2, -0.15) is 0 Å². The van der Waals surface area contributed by atoms with E-state index in [1.54, 1.807) is 11.0 Å². The third-order valence-electron chi connectivity index (χ3n) is 2.95. The fourth-order valence-electron chi connectivity index (χ4n) is 1.94. The Kier molecular flexibility index (Phi) is 3.20. The first kappa shape index (κ1) is 12.0. The number of carbonyl (C=O) groups excluding carboxylic acids is 1. The van der Waals surface area contributed by atoms with E-state index in [1.807, 2.05) is 0 Å². The van der Waals surface area contributed by atoms with Gasteiger partial charge in [0.1, 0.15) is 10.6 Å². The molecule has 7 heteroatoms. The smallest absolute Gasteiger partial charge is 0.269 e. The third kappa shape index (κ3) is 2.04. The van der Waals surface area contributed by atoms with Crippen molar-refractivity contribution in [2.45, 2.75) is 10.9 Å². The summed E-state index contributed by atoms with van der Waals surface area (Å²) >= 11 is 3.64. The van der Waals surface area contributed by atoms with Crippen LogP contribution in [0.15, 0.2) is 14.7 Å². The number of hydrogen-bond donors (Lipinski definition) is 0. The summed E-state index contributed by atoms with van der Waals surface area (Å²) in [6.07, 6.45) is 0. The number of thiophene rings is 1. The van der Waals surface area contributed by atoms with Gasteiger partial charge in [-0.25, -0.2) is 0 Å². The highest BCUT2D eigenvalue weighted by Crippen LogP contribution is 2.34. The van der Waals surface area contributed by atoms with Crippen LogP contribution in [0.2, 0.25) is 0 Å². The van der Waals surface area contributed by atoms with Gasteiger partial charge in [-0.15, -0.1) is 11.3 Å².